The summed E-state index contributed by atoms with van der Waals surface area (Å²) in [6, 6.07) is 3.47. The molecule has 1 saturated heterocycles. The number of anilines is 2. The summed E-state index contributed by atoms with van der Waals surface area (Å²) < 4.78 is 5.71. The fourth-order valence-corrected chi connectivity index (χ4v) is 2.83. The number of aromatic amines is 1. The van der Waals surface area contributed by atoms with Gasteiger partial charge in [0.15, 0.2) is 22.7 Å². The fraction of sp³-hybridized carbons (Fsp3) is 0.375. The van der Waals surface area contributed by atoms with Gasteiger partial charge in [-0.05, 0) is 31.9 Å². The lowest BCUT2D eigenvalue weighted by molar-refractivity contribution is 0.363. The van der Waals surface area contributed by atoms with Crippen molar-refractivity contribution in [3.63, 3.8) is 0 Å². The SMILES string of the molecule is CC1(N)CCN(c2cnc3c(Oc4cccnc4N)n[nH]c3n2)CC1.Cl. The van der Waals surface area contributed by atoms with E-state index < -0.39 is 0 Å². The van der Waals surface area contributed by atoms with Gasteiger partial charge in [-0.15, -0.1) is 17.5 Å². The number of H-pyrrole nitrogens is 1. The third-order valence-corrected chi connectivity index (χ3v) is 4.46. The normalized spacial score (nSPS) is 16.3. The number of nitrogens with two attached hydrogens (primary N) is 2. The first-order chi connectivity index (χ1) is 12.0. The first kappa shape index (κ1) is 18.2. The molecule has 0 unspecified atom stereocenters. The molecule has 1 aliphatic heterocycles. The molecular weight excluding hydrogens is 356 g/mol. The number of pyridine rings is 1. The highest BCUT2D eigenvalue weighted by Crippen LogP contribution is 2.29. The zero-order valence-corrected chi connectivity index (χ0v) is 15.2. The van der Waals surface area contributed by atoms with Crippen LogP contribution in [0.5, 0.6) is 11.6 Å². The summed E-state index contributed by atoms with van der Waals surface area (Å²) in [5.41, 5.74) is 13.0. The molecule has 0 aromatic carbocycles. The van der Waals surface area contributed by atoms with Crippen molar-refractivity contribution < 1.29 is 4.74 Å². The summed E-state index contributed by atoms with van der Waals surface area (Å²) in [5, 5.41) is 7.01. The van der Waals surface area contributed by atoms with Gasteiger partial charge >= 0.3 is 0 Å². The van der Waals surface area contributed by atoms with E-state index in [4.69, 9.17) is 16.2 Å². The minimum Gasteiger partial charge on any atom is -0.432 e. The van der Waals surface area contributed by atoms with E-state index in [1.54, 1.807) is 24.5 Å². The Hall–Kier alpha value is -2.65. The van der Waals surface area contributed by atoms with E-state index >= 15 is 0 Å². The zero-order valence-electron chi connectivity index (χ0n) is 14.3. The van der Waals surface area contributed by atoms with Crippen molar-refractivity contribution in [1.82, 2.24) is 25.1 Å². The molecule has 10 heteroatoms. The van der Waals surface area contributed by atoms with Crippen molar-refractivity contribution in [2.75, 3.05) is 23.7 Å². The Bertz CT molecular complexity index is 902. The van der Waals surface area contributed by atoms with Crippen molar-refractivity contribution in [3.8, 4) is 11.6 Å². The fourth-order valence-electron chi connectivity index (χ4n) is 2.83. The van der Waals surface area contributed by atoms with Gasteiger partial charge in [-0.1, -0.05) is 0 Å². The van der Waals surface area contributed by atoms with Crippen molar-refractivity contribution >= 4 is 35.2 Å². The first-order valence-electron chi connectivity index (χ1n) is 8.15. The highest BCUT2D eigenvalue weighted by molar-refractivity contribution is 5.85. The van der Waals surface area contributed by atoms with E-state index in [1.165, 1.54) is 0 Å². The quantitative estimate of drug-likeness (QED) is 0.631. The summed E-state index contributed by atoms with van der Waals surface area (Å²) in [7, 11) is 0. The van der Waals surface area contributed by atoms with E-state index in [0.717, 1.165) is 31.7 Å². The number of piperidine rings is 1. The van der Waals surface area contributed by atoms with Gasteiger partial charge < -0.3 is 21.1 Å². The lowest BCUT2D eigenvalue weighted by Crippen LogP contribution is -2.48. The average Bonchev–Trinajstić information content (AvgIpc) is 2.99. The Morgan fingerprint density at radius 3 is 2.77 bits per heavy atom. The highest BCUT2D eigenvalue weighted by Gasteiger charge is 2.27. The largest absolute Gasteiger partial charge is 0.432 e. The van der Waals surface area contributed by atoms with Gasteiger partial charge in [0, 0.05) is 24.8 Å². The van der Waals surface area contributed by atoms with E-state index in [9.17, 15) is 0 Å². The molecule has 0 saturated carbocycles. The first-order valence-corrected chi connectivity index (χ1v) is 8.15. The topological polar surface area (TPSA) is 132 Å². The zero-order chi connectivity index (χ0) is 17.4. The second-order valence-electron chi connectivity index (χ2n) is 6.58. The Labute approximate surface area is 156 Å². The van der Waals surface area contributed by atoms with Gasteiger partial charge in [0.05, 0.1) is 6.20 Å². The second kappa shape index (κ2) is 6.93. The molecular formula is C16H21ClN8O. The monoisotopic (exact) mass is 376 g/mol. The number of ether oxygens (including phenoxy) is 1. The number of aromatic nitrogens is 5. The molecule has 1 fully saturated rings. The van der Waals surface area contributed by atoms with E-state index in [-0.39, 0.29) is 17.9 Å². The van der Waals surface area contributed by atoms with Crippen molar-refractivity contribution in [2.24, 2.45) is 5.73 Å². The minimum atomic E-state index is -0.104. The molecule has 138 valence electrons. The van der Waals surface area contributed by atoms with Crippen LogP contribution in [0, 0.1) is 0 Å². The number of halogens is 1. The van der Waals surface area contributed by atoms with Crippen LogP contribution in [-0.2, 0) is 0 Å². The van der Waals surface area contributed by atoms with E-state index in [1.807, 2.05) is 0 Å². The highest BCUT2D eigenvalue weighted by atomic mass is 35.5. The van der Waals surface area contributed by atoms with Crippen LogP contribution in [0.2, 0.25) is 0 Å². The molecule has 1 aliphatic rings. The maximum atomic E-state index is 6.19. The second-order valence-corrected chi connectivity index (χ2v) is 6.58. The standard InChI is InChI=1S/C16H20N8O.ClH/c1-16(18)4-7-24(8-5-16)11-9-20-12-14(21-11)22-23-15(12)25-10-3-2-6-19-13(10)17;/h2-3,6,9H,4-5,7-8,18H2,1H3,(H2,17,19)(H,21,22,23);1H. The Morgan fingerprint density at radius 2 is 2.04 bits per heavy atom. The molecule has 0 aliphatic carbocycles. The van der Waals surface area contributed by atoms with Crippen molar-refractivity contribution in [2.45, 2.75) is 25.3 Å². The van der Waals surface area contributed by atoms with Crippen LogP contribution in [0.25, 0.3) is 11.2 Å². The number of nitrogens with one attached hydrogen (secondary N) is 1. The number of rotatable bonds is 3. The van der Waals surface area contributed by atoms with Gasteiger partial charge in [0.25, 0.3) is 5.88 Å². The number of nitrogen functional groups attached to an aromatic ring is 1. The summed E-state index contributed by atoms with van der Waals surface area (Å²) >= 11 is 0. The number of fused-ring (bicyclic) bond motifs is 1. The Balaban J connectivity index is 0.00000196. The summed E-state index contributed by atoms with van der Waals surface area (Å²) in [5.74, 6) is 1.85. The molecule has 9 nitrogen and oxygen atoms in total. The molecule has 0 bridgehead atoms. The molecule has 3 aromatic rings. The molecule has 0 atom stereocenters. The summed E-state index contributed by atoms with van der Waals surface area (Å²) in [6.07, 6.45) is 5.17. The van der Waals surface area contributed by atoms with Gasteiger partial charge in [-0.25, -0.2) is 15.0 Å². The van der Waals surface area contributed by atoms with Gasteiger partial charge in [0.1, 0.15) is 5.82 Å². The van der Waals surface area contributed by atoms with Gasteiger partial charge in [-0.2, -0.15) is 0 Å². The van der Waals surface area contributed by atoms with Crippen molar-refractivity contribution in [1.29, 1.82) is 0 Å². The maximum Gasteiger partial charge on any atom is 0.266 e. The molecule has 3 aromatic heterocycles. The lowest BCUT2D eigenvalue weighted by atomic mass is 9.91. The van der Waals surface area contributed by atoms with Crippen LogP contribution in [-0.4, -0.2) is 43.8 Å². The minimum absolute atomic E-state index is 0. The molecule has 4 rings (SSSR count). The molecule has 0 amide bonds. The smallest absolute Gasteiger partial charge is 0.266 e. The number of hydrogen-bond acceptors (Lipinski definition) is 8. The molecule has 4 heterocycles. The Morgan fingerprint density at radius 1 is 1.27 bits per heavy atom. The predicted octanol–water partition coefficient (Wildman–Crippen LogP) is 1.86. The van der Waals surface area contributed by atoms with Gasteiger partial charge in [-0.3, -0.25) is 5.10 Å². The lowest BCUT2D eigenvalue weighted by Gasteiger charge is -2.37. The molecule has 0 spiro atoms. The predicted molar refractivity (Wildman–Crippen MR) is 102 cm³/mol. The van der Waals surface area contributed by atoms with Crippen LogP contribution < -0.4 is 21.1 Å². The summed E-state index contributed by atoms with van der Waals surface area (Å²) in [6.45, 7) is 3.80. The summed E-state index contributed by atoms with van der Waals surface area (Å²) in [4.78, 5) is 15.2. The number of nitrogens with zero attached hydrogens (tertiary/aromatic N) is 5. The van der Waals surface area contributed by atoms with Crippen LogP contribution in [0.15, 0.2) is 24.5 Å². The average molecular weight is 377 g/mol. The van der Waals surface area contributed by atoms with Crippen LogP contribution in [0.1, 0.15) is 19.8 Å². The molecule has 0 radical (unpaired) electrons. The van der Waals surface area contributed by atoms with Crippen molar-refractivity contribution in [3.05, 3.63) is 24.5 Å². The third-order valence-electron chi connectivity index (χ3n) is 4.46. The molecule has 5 N–H and O–H groups in total. The third kappa shape index (κ3) is 3.49. The van der Waals surface area contributed by atoms with Crippen LogP contribution >= 0.6 is 12.4 Å². The Kier molecular flexibility index (Phi) is 4.84. The maximum absolute atomic E-state index is 6.19. The van der Waals surface area contributed by atoms with Crippen LogP contribution in [0.3, 0.4) is 0 Å². The van der Waals surface area contributed by atoms with Gasteiger partial charge in [0.2, 0.25) is 0 Å². The number of hydrogen-bond donors (Lipinski definition) is 3. The van der Waals surface area contributed by atoms with E-state index in [0.29, 0.717) is 28.6 Å². The molecule has 26 heavy (non-hydrogen) atoms. The van der Waals surface area contributed by atoms with E-state index in [2.05, 4.69) is 37.0 Å². The van der Waals surface area contributed by atoms with Crippen LogP contribution in [0.4, 0.5) is 11.6 Å².